The molecule has 1 aromatic heterocycles. The Balaban J connectivity index is 1.78. The van der Waals surface area contributed by atoms with Crippen LogP contribution in [0.1, 0.15) is 27.0 Å². The smallest absolute Gasteiger partial charge is 0.237 e. The van der Waals surface area contributed by atoms with Gasteiger partial charge in [0.1, 0.15) is 22.9 Å². The number of benzene rings is 2. The molecule has 1 N–H and O–H groups in total. The summed E-state index contributed by atoms with van der Waals surface area (Å²) in [5, 5.41) is 4.05. The molecule has 38 heavy (non-hydrogen) atoms. The molecule has 0 saturated heterocycles. The number of ketones is 1. The quantitative estimate of drug-likeness (QED) is 0.256. The van der Waals surface area contributed by atoms with Gasteiger partial charge in [0.25, 0.3) is 0 Å². The molecule has 10 heteroatoms. The van der Waals surface area contributed by atoms with Crippen LogP contribution < -0.4 is 24.3 Å². The first-order valence-electron chi connectivity index (χ1n) is 11.5. The predicted molar refractivity (Wildman–Crippen MR) is 147 cm³/mol. The van der Waals surface area contributed by atoms with Crippen molar-refractivity contribution in [1.82, 2.24) is 4.98 Å². The first-order chi connectivity index (χ1) is 18.2. The van der Waals surface area contributed by atoms with Crippen LogP contribution in [-0.4, -0.2) is 47.6 Å². The van der Waals surface area contributed by atoms with Crippen molar-refractivity contribution in [2.24, 2.45) is 0 Å². The minimum Gasteiger partial charge on any atom is -0.496 e. The molecule has 0 saturated carbocycles. The highest BCUT2D eigenvalue weighted by molar-refractivity contribution is 7.93. The van der Waals surface area contributed by atoms with E-state index in [-0.39, 0.29) is 17.4 Å². The average Bonchev–Trinajstić information content (AvgIpc) is 2.91. The Morgan fingerprint density at radius 2 is 1.61 bits per heavy atom. The van der Waals surface area contributed by atoms with Crippen LogP contribution in [-0.2, 0) is 15.6 Å². The lowest BCUT2D eigenvalue weighted by Crippen LogP contribution is -2.04. The van der Waals surface area contributed by atoms with E-state index in [9.17, 15) is 13.2 Å². The summed E-state index contributed by atoms with van der Waals surface area (Å²) in [4.78, 5) is 16.6. The van der Waals surface area contributed by atoms with E-state index in [2.05, 4.69) is 10.3 Å². The fourth-order valence-electron chi connectivity index (χ4n) is 3.51. The van der Waals surface area contributed by atoms with Crippen LogP contribution in [0, 0.1) is 6.92 Å². The van der Waals surface area contributed by atoms with Crippen LogP contribution in [0.25, 0.3) is 6.08 Å². The maximum atomic E-state index is 12.9. The molecule has 3 aromatic rings. The van der Waals surface area contributed by atoms with Crippen LogP contribution in [0.15, 0.2) is 66.3 Å². The third-order valence-corrected chi connectivity index (χ3v) is 6.76. The summed E-state index contributed by atoms with van der Waals surface area (Å²) >= 11 is 0. The number of methoxy groups -OCH3 is 4. The predicted octanol–water partition coefficient (Wildman–Crippen LogP) is 4.82. The van der Waals surface area contributed by atoms with Crippen molar-refractivity contribution in [3.63, 3.8) is 0 Å². The van der Waals surface area contributed by atoms with Gasteiger partial charge in [-0.3, -0.25) is 4.79 Å². The minimum absolute atomic E-state index is 0.183. The molecule has 1 heterocycles. The number of allylic oxidation sites excluding steroid dienone is 1. The Morgan fingerprint density at radius 1 is 0.947 bits per heavy atom. The molecule has 0 fully saturated rings. The summed E-state index contributed by atoms with van der Waals surface area (Å²) in [6, 6.07) is 12.1. The molecule has 0 aliphatic rings. The molecule has 0 aliphatic carbocycles. The van der Waals surface area contributed by atoms with Gasteiger partial charge in [0, 0.05) is 41.6 Å². The number of hydrogen-bond donors (Lipinski definition) is 1. The highest BCUT2D eigenvalue weighted by atomic mass is 32.2. The van der Waals surface area contributed by atoms with E-state index in [1.165, 1.54) is 53.0 Å². The molecular formula is C28H30N2O7S. The fourth-order valence-corrected chi connectivity index (χ4v) is 4.57. The number of anilines is 1. The molecule has 0 radical (unpaired) electrons. The second-order valence-electron chi connectivity index (χ2n) is 8.16. The number of pyridine rings is 1. The third kappa shape index (κ3) is 7.36. The lowest BCUT2D eigenvalue weighted by atomic mass is 10.1. The van der Waals surface area contributed by atoms with Gasteiger partial charge in [-0.15, -0.1) is 0 Å². The van der Waals surface area contributed by atoms with Gasteiger partial charge in [0.15, 0.2) is 15.6 Å². The molecule has 3 rings (SSSR count). The maximum Gasteiger partial charge on any atom is 0.237 e. The van der Waals surface area contributed by atoms with Crippen LogP contribution in [0.5, 0.6) is 23.1 Å². The van der Waals surface area contributed by atoms with E-state index < -0.39 is 9.84 Å². The van der Waals surface area contributed by atoms with E-state index in [1.807, 2.05) is 19.1 Å². The van der Waals surface area contributed by atoms with Crippen LogP contribution in [0.3, 0.4) is 0 Å². The molecule has 0 bridgehead atoms. The summed E-state index contributed by atoms with van der Waals surface area (Å²) in [5.41, 5.74) is 2.90. The fraction of sp³-hybridized carbons (Fsp3) is 0.214. The second-order valence-corrected chi connectivity index (χ2v) is 10.1. The van der Waals surface area contributed by atoms with Gasteiger partial charge in [-0.2, -0.15) is 0 Å². The lowest BCUT2D eigenvalue weighted by molar-refractivity contribution is 0.104. The Hall–Kier alpha value is -4.31. The standard InChI is InChI=1S/C28H30N2O7S/c1-19-6-8-21(9-7-19)25(31)10-12-29-24-14-20(17-30-28(24)37-5)18-38(32,33)13-11-23-26(35-3)15-22(34-2)16-27(23)36-4/h6-17,29H,18H2,1-5H3/b12-10-,13-11+. The molecule has 0 aliphatic heterocycles. The van der Waals surface area contributed by atoms with Crippen molar-refractivity contribution in [3.8, 4) is 23.1 Å². The lowest BCUT2D eigenvalue weighted by Gasteiger charge is -2.12. The number of nitrogens with one attached hydrogen (secondary N) is 1. The van der Waals surface area contributed by atoms with Crippen molar-refractivity contribution in [3.05, 3.63) is 88.6 Å². The SMILES string of the molecule is COc1cc(OC)c(/C=C/S(=O)(=O)Cc2cnc(OC)c(N/C=C\C(=O)c3ccc(C)cc3)c2)c(OC)c1. The molecule has 0 amide bonds. The Bertz CT molecular complexity index is 1420. The summed E-state index contributed by atoms with van der Waals surface area (Å²) in [6.45, 7) is 1.95. The largest absolute Gasteiger partial charge is 0.496 e. The highest BCUT2D eigenvalue weighted by Crippen LogP contribution is 2.35. The number of nitrogens with zero attached hydrogens (tertiary/aromatic N) is 1. The zero-order valence-corrected chi connectivity index (χ0v) is 22.7. The van der Waals surface area contributed by atoms with E-state index in [1.54, 1.807) is 30.3 Å². The third-order valence-electron chi connectivity index (χ3n) is 5.47. The van der Waals surface area contributed by atoms with E-state index in [0.29, 0.717) is 39.6 Å². The Kier molecular flexibility index (Phi) is 9.50. The second kappa shape index (κ2) is 12.8. The zero-order valence-electron chi connectivity index (χ0n) is 21.8. The van der Waals surface area contributed by atoms with Gasteiger partial charge in [-0.05, 0) is 24.6 Å². The minimum atomic E-state index is -3.71. The number of rotatable bonds is 12. The molecule has 2 aromatic carbocycles. The van der Waals surface area contributed by atoms with Crippen LogP contribution in [0.2, 0.25) is 0 Å². The molecule has 9 nitrogen and oxygen atoms in total. The van der Waals surface area contributed by atoms with E-state index in [0.717, 1.165) is 11.0 Å². The van der Waals surface area contributed by atoms with Crippen molar-refractivity contribution in [2.45, 2.75) is 12.7 Å². The number of ether oxygens (including phenoxy) is 4. The Labute approximate surface area is 222 Å². The van der Waals surface area contributed by atoms with E-state index >= 15 is 0 Å². The molecule has 0 atom stereocenters. The monoisotopic (exact) mass is 538 g/mol. The van der Waals surface area contributed by atoms with Gasteiger partial charge in [0.05, 0.1) is 39.8 Å². The zero-order chi connectivity index (χ0) is 27.7. The van der Waals surface area contributed by atoms with Crippen molar-refractivity contribution in [1.29, 1.82) is 0 Å². The first kappa shape index (κ1) is 28.3. The normalized spacial score (nSPS) is 11.5. The summed E-state index contributed by atoms with van der Waals surface area (Å²) in [6.07, 6.45) is 5.68. The molecule has 0 unspecified atom stereocenters. The first-order valence-corrected chi connectivity index (χ1v) is 13.2. The highest BCUT2D eigenvalue weighted by Gasteiger charge is 2.15. The number of carbonyl (C=O) groups is 1. The van der Waals surface area contributed by atoms with Gasteiger partial charge in [-0.1, -0.05) is 29.8 Å². The maximum absolute atomic E-state index is 12.9. The van der Waals surface area contributed by atoms with Gasteiger partial charge in [0.2, 0.25) is 5.88 Å². The van der Waals surface area contributed by atoms with Crippen molar-refractivity contribution >= 4 is 27.4 Å². The summed E-state index contributed by atoms with van der Waals surface area (Å²) < 4.78 is 47.1. The number of hydrogen-bond acceptors (Lipinski definition) is 9. The summed E-state index contributed by atoms with van der Waals surface area (Å²) in [5.74, 6) is 1.06. The van der Waals surface area contributed by atoms with Gasteiger partial charge < -0.3 is 24.3 Å². The van der Waals surface area contributed by atoms with Crippen LogP contribution in [0.4, 0.5) is 5.69 Å². The average molecular weight is 539 g/mol. The van der Waals surface area contributed by atoms with Crippen molar-refractivity contribution < 1.29 is 32.2 Å². The van der Waals surface area contributed by atoms with Crippen molar-refractivity contribution in [2.75, 3.05) is 33.8 Å². The number of carbonyl (C=O) groups excluding carboxylic acids is 1. The number of aryl methyl sites for hydroxylation is 1. The summed E-state index contributed by atoms with van der Waals surface area (Å²) in [7, 11) is 2.19. The number of sulfone groups is 1. The van der Waals surface area contributed by atoms with Gasteiger partial charge >= 0.3 is 0 Å². The molecule has 200 valence electrons. The van der Waals surface area contributed by atoms with E-state index in [4.69, 9.17) is 18.9 Å². The Morgan fingerprint density at radius 3 is 2.18 bits per heavy atom. The molecule has 0 spiro atoms. The van der Waals surface area contributed by atoms with Crippen LogP contribution >= 0.6 is 0 Å². The topological polar surface area (TPSA) is 113 Å². The van der Waals surface area contributed by atoms with Gasteiger partial charge in [-0.25, -0.2) is 13.4 Å². The molecular weight excluding hydrogens is 508 g/mol. The number of aromatic nitrogens is 1.